The van der Waals surface area contributed by atoms with Gasteiger partial charge in [-0.1, -0.05) is 12.1 Å². The van der Waals surface area contributed by atoms with E-state index in [1.807, 2.05) is 12.1 Å². The molecule has 0 saturated carbocycles. The molecule has 0 amide bonds. The third kappa shape index (κ3) is 3.69. The highest BCUT2D eigenvalue weighted by Crippen LogP contribution is 2.16. The molecule has 0 aliphatic carbocycles. The molecular weight excluding hydrogens is 273 g/mol. The lowest BCUT2D eigenvalue weighted by atomic mass is 10.3. The fourth-order valence-electron chi connectivity index (χ4n) is 1.02. The minimum absolute atomic E-state index is 0.844. The zero-order valence-corrected chi connectivity index (χ0v) is 9.54. The van der Waals surface area contributed by atoms with E-state index in [1.54, 1.807) is 0 Å². The maximum atomic E-state index is 5.16. The van der Waals surface area contributed by atoms with Gasteiger partial charge in [-0.15, -0.1) is 12.3 Å². The lowest BCUT2D eigenvalue weighted by Crippen LogP contribution is -2.02. The Balaban J connectivity index is 2.37. The minimum Gasteiger partial charge on any atom is -0.384 e. The molecule has 2 heteroatoms. The van der Waals surface area contributed by atoms with Gasteiger partial charge in [0.2, 0.25) is 0 Å². The maximum absolute atomic E-state index is 5.16. The molecule has 0 aromatic heterocycles. The fraction of sp³-hybridized carbons (Fsp3) is 0.273. The van der Waals surface area contributed by atoms with E-state index >= 15 is 0 Å². The predicted molar refractivity (Wildman–Crippen MR) is 65.7 cm³/mol. The van der Waals surface area contributed by atoms with Crippen LogP contribution in [0.4, 0.5) is 5.69 Å². The van der Waals surface area contributed by atoms with Crippen molar-refractivity contribution in [1.29, 1.82) is 0 Å². The second-order valence-electron chi connectivity index (χ2n) is 2.71. The van der Waals surface area contributed by atoms with E-state index in [2.05, 4.69) is 46.0 Å². The average Bonchev–Trinajstić information content (AvgIpc) is 2.15. The minimum atomic E-state index is 0.844. The standard InChI is InChI=1S/C11H12IN/c1-2-3-6-9-13-11-8-5-4-7-10(11)12/h1,4-5,7-8,13H,3,6,9H2. The first-order valence-corrected chi connectivity index (χ1v) is 5.34. The molecule has 0 aliphatic rings. The van der Waals surface area contributed by atoms with Crippen LogP contribution < -0.4 is 5.32 Å². The Morgan fingerprint density at radius 1 is 1.38 bits per heavy atom. The Labute approximate surface area is 93.1 Å². The zero-order chi connectivity index (χ0) is 9.52. The van der Waals surface area contributed by atoms with E-state index in [0.717, 1.165) is 19.4 Å². The molecule has 0 unspecified atom stereocenters. The van der Waals surface area contributed by atoms with Crippen LogP contribution in [0.25, 0.3) is 0 Å². The van der Waals surface area contributed by atoms with Crippen LogP contribution in [0.1, 0.15) is 12.8 Å². The molecule has 0 radical (unpaired) electrons. The monoisotopic (exact) mass is 285 g/mol. The first-order chi connectivity index (χ1) is 6.34. The molecule has 1 aromatic carbocycles. The van der Waals surface area contributed by atoms with E-state index in [9.17, 15) is 0 Å². The molecule has 1 N–H and O–H groups in total. The number of benzene rings is 1. The van der Waals surface area contributed by atoms with E-state index in [0.29, 0.717) is 0 Å². The van der Waals surface area contributed by atoms with Crippen molar-refractivity contribution >= 4 is 28.3 Å². The quantitative estimate of drug-likeness (QED) is 0.509. The van der Waals surface area contributed by atoms with Gasteiger partial charge in [-0.2, -0.15) is 0 Å². The van der Waals surface area contributed by atoms with Crippen molar-refractivity contribution in [3.8, 4) is 12.3 Å². The lowest BCUT2D eigenvalue weighted by molar-refractivity contribution is 0.906. The number of halogens is 1. The maximum Gasteiger partial charge on any atom is 0.0475 e. The molecule has 0 aliphatic heterocycles. The smallest absolute Gasteiger partial charge is 0.0475 e. The molecule has 0 fully saturated rings. The largest absolute Gasteiger partial charge is 0.384 e. The fourth-order valence-corrected chi connectivity index (χ4v) is 1.60. The van der Waals surface area contributed by atoms with Crippen LogP contribution >= 0.6 is 22.6 Å². The molecular formula is C11H12IN. The zero-order valence-electron chi connectivity index (χ0n) is 7.39. The van der Waals surface area contributed by atoms with Gasteiger partial charge in [0.25, 0.3) is 0 Å². The van der Waals surface area contributed by atoms with Gasteiger partial charge in [0.1, 0.15) is 0 Å². The van der Waals surface area contributed by atoms with Crippen molar-refractivity contribution in [2.24, 2.45) is 0 Å². The molecule has 1 rings (SSSR count). The van der Waals surface area contributed by atoms with Gasteiger partial charge < -0.3 is 5.32 Å². The van der Waals surface area contributed by atoms with Crippen LogP contribution in [-0.2, 0) is 0 Å². The highest BCUT2D eigenvalue weighted by molar-refractivity contribution is 14.1. The third-order valence-corrected chi connectivity index (χ3v) is 2.63. The third-order valence-electron chi connectivity index (χ3n) is 1.69. The molecule has 0 spiro atoms. The van der Waals surface area contributed by atoms with Gasteiger partial charge in [-0.3, -0.25) is 0 Å². The van der Waals surface area contributed by atoms with Gasteiger partial charge in [-0.25, -0.2) is 0 Å². The summed E-state index contributed by atoms with van der Waals surface area (Å²) in [6.45, 7) is 0.949. The van der Waals surface area contributed by atoms with Gasteiger partial charge in [0.05, 0.1) is 0 Å². The number of terminal acetylenes is 1. The van der Waals surface area contributed by atoms with Crippen LogP contribution in [0.5, 0.6) is 0 Å². The molecule has 0 atom stereocenters. The van der Waals surface area contributed by atoms with Crippen molar-refractivity contribution in [1.82, 2.24) is 0 Å². The summed E-state index contributed by atoms with van der Waals surface area (Å²) in [6, 6.07) is 8.24. The molecule has 1 aromatic rings. The van der Waals surface area contributed by atoms with Crippen molar-refractivity contribution in [3.05, 3.63) is 27.8 Å². The van der Waals surface area contributed by atoms with Gasteiger partial charge in [0.15, 0.2) is 0 Å². The van der Waals surface area contributed by atoms with Crippen LogP contribution in [0.2, 0.25) is 0 Å². The Morgan fingerprint density at radius 3 is 2.85 bits per heavy atom. The Hall–Kier alpha value is -0.690. The van der Waals surface area contributed by atoms with Crippen molar-refractivity contribution < 1.29 is 0 Å². The summed E-state index contributed by atoms with van der Waals surface area (Å²) < 4.78 is 1.25. The molecule has 13 heavy (non-hydrogen) atoms. The number of para-hydroxylation sites is 1. The highest BCUT2D eigenvalue weighted by Gasteiger charge is 1.95. The van der Waals surface area contributed by atoms with Gasteiger partial charge in [0, 0.05) is 22.2 Å². The van der Waals surface area contributed by atoms with Crippen LogP contribution in [0, 0.1) is 15.9 Å². The van der Waals surface area contributed by atoms with Crippen molar-refractivity contribution in [2.45, 2.75) is 12.8 Å². The summed E-state index contributed by atoms with van der Waals surface area (Å²) in [5.41, 5.74) is 1.19. The summed E-state index contributed by atoms with van der Waals surface area (Å²) in [5.74, 6) is 2.63. The average molecular weight is 285 g/mol. The normalized spacial score (nSPS) is 9.23. The second kappa shape index (κ2) is 5.87. The van der Waals surface area contributed by atoms with E-state index in [4.69, 9.17) is 6.42 Å². The van der Waals surface area contributed by atoms with Crippen molar-refractivity contribution in [2.75, 3.05) is 11.9 Å². The summed E-state index contributed by atoms with van der Waals surface area (Å²) in [7, 11) is 0. The first-order valence-electron chi connectivity index (χ1n) is 4.26. The van der Waals surface area contributed by atoms with Gasteiger partial charge in [-0.05, 0) is 41.1 Å². The van der Waals surface area contributed by atoms with Crippen LogP contribution in [0.3, 0.4) is 0 Å². The molecule has 0 saturated heterocycles. The number of hydrogen-bond acceptors (Lipinski definition) is 1. The molecule has 0 heterocycles. The molecule has 0 bridgehead atoms. The second-order valence-corrected chi connectivity index (χ2v) is 3.88. The molecule has 1 nitrogen and oxygen atoms in total. The number of unbranched alkanes of at least 4 members (excludes halogenated alkanes) is 1. The number of hydrogen-bond donors (Lipinski definition) is 1. The Kier molecular flexibility index (Phi) is 4.69. The number of rotatable bonds is 4. The first kappa shape index (κ1) is 10.4. The number of nitrogens with one attached hydrogen (secondary N) is 1. The summed E-state index contributed by atoms with van der Waals surface area (Å²) in [5, 5.41) is 3.34. The topological polar surface area (TPSA) is 12.0 Å². The Bertz CT molecular complexity index is 301. The summed E-state index contributed by atoms with van der Waals surface area (Å²) in [4.78, 5) is 0. The predicted octanol–water partition coefficient (Wildman–Crippen LogP) is 3.12. The van der Waals surface area contributed by atoms with Crippen LogP contribution in [-0.4, -0.2) is 6.54 Å². The highest BCUT2D eigenvalue weighted by atomic mass is 127. The molecule has 68 valence electrons. The SMILES string of the molecule is C#CCCCNc1ccccc1I. The van der Waals surface area contributed by atoms with E-state index in [-0.39, 0.29) is 0 Å². The van der Waals surface area contributed by atoms with E-state index in [1.165, 1.54) is 9.26 Å². The number of anilines is 1. The van der Waals surface area contributed by atoms with Gasteiger partial charge >= 0.3 is 0 Å². The van der Waals surface area contributed by atoms with Crippen molar-refractivity contribution in [3.63, 3.8) is 0 Å². The van der Waals surface area contributed by atoms with E-state index < -0.39 is 0 Å². The summed E-state index contributed by atoms with van der Waals surface area (Å²) in [6.07, 6.45) is 7.03. The lowest BCUT2D eigenvalue weighted by Gasteiger charge is -2.06. The van der Waals surface area contributed by atoms with Crippen LogP contribution in [0.15, 0.2) is 24.3 Å². The Morgan fingerprint density at radius 2 is 2.15 bits per heavy atom. The summed E-state index contributed by atoms with van der Waals surface area (Å²) >= 11 is 2.32.